The molecule has 0 radical (unpaired) electrons. The first-order valence-corrected chi connectivity index (χ1v) is 10.8. The van der Waals surface area contributed by atoms with Crippen molar-refractivity contribution in [2.24, 2.45) is 0 Å². The van der Waals surface area contributed by atoms with Crippen molar-refractivity contribution in [1.29, 1.82) is 0 Å². The van der Waals surface area contributed by atoms with E-state index in [-0.39, 0.29) is 11.9 Å². The Morgan fingerprint density at radius 1 is 1.32 bits per heavy atom. The normalized spacial score (nSPS) is 15.1. The average Bonchev–Trinajstić information content (AvgIpc) is 3.08. The molecule has 2 aromatic heterocycles. The number of amides is 1. The molecule has 3 heterocycles. The number of halogens is 1. The van der Waals surface area contributed by atoms with Crippen LogP contribution in [0.15, 0.2) is 36.0 Å². The Morgan fingerprint density at radius 2 is 2.14 bits per heavy atom. The summed E-state index contributed by atoms with van der Waals surface area (Å²) in [6.45, 7) is 3.87. The number of fused-ring (bicyclic) bond motifs is 1. The maximum atomic E-state index is 12.3. The Balaban J connectivity index is 1.30. The Morgan fingerprint density at radius 3 is 2.93 bits per heavy atom. The lowest BCUT2D eigenvalue weighted by Gasteiger charge is -2.33. The number of benzene rings is 1. The third-order valence-corrected chi connectivity index (χ3v) is 6.52. The third-order valence-electron chi connectivity index (χ3n) is 5.20. The van der Waals surface area contributed by atoms with Gasteiger partial charge in [-0.05, 0) is 54.8 Å². The van der Waals surface area contributed by atoms with Crippen LogP contribution in [0.1, 0.15) is 30.4 Å². The fourth-order valence-electron chi connectivity index (χ4n) is 3.67. The molecular weight excluding hydrogens is 392 g/mol. The van der Waals surface area contributed by atoms with Gasteiger partial charge in [-0.15, -0.1) is 11.3 Å². The zero-order chi connectivity index (χ0) is 19.5. The molecule has 0 aliphatic carbocycles. The molecule has 1 aliphatic heterocycles. The largest absolute Gasteiger partial charge is 0.355 e. The molecule has 3 aromatic rings. The Hall–Kier alpha value is -2.18. The first kappa shape index (κ1) is 19.2. The molecule has 1 N–H and O–H groups in total. The molecule has 1 saturated heterocycles. The summed E-state index contributed by atoms with van der Waals surface area (Å²) in [5, 5.41) is 6.04. The van der Waals surface area contributed by atoms with E-state index in [9.17, 15) is 4.79 Å². The van der Waals surface area contributed by atoms with Gasteiger partial charge in [0, 0.05) is 30.6 Å². The zero-order valence-electron chi connectivity index (χ0n) is 15.8. The van der Waals surface area contributed by atoms with Crippen molar-refractivity contribution in [2.45, 2.75) is 38.6 Å². The minimum atomic E-state index is 0.108. The molecule has 146 valence electrons. The van der Waals surface area contributed by atoms with E-state index in [1.54, 1.807) is 17.7 Å². The van der Waals surface area contributed by atoms with Crippen LogP contribution in [-0.4, -0.2) is 35.0 Å². The number of thiophene rings is 1. The van der Waals surface area contributed by atoms with Crippen LogP contribution < -0.4 is 10.2 Å². The van der Waals surface area contributed by atoms with Crippen LogP contribution in [0.3, 0.4) is 0 Å². The number of nitrogens with one attached hydrogen (secondary N) is 1. The lowest BCUT2D eigenvalue weighted by molar-refractivity contribution is -0.121. The zero-order valence-corrected chi connectivity index (χ0v) is 17.4. The van der Waals surface area contributed by atoms with Crippen molar-refractivity contribution >= 4 is 44.9 Å². The second-order valence-electron chi connectivity index (χ2n) is 7.25. The number of anilines is 1. The fraction of sp³-hybridized carbons (Fsp3) is 0.381. The summed E-state index contributed by atoms with van der Waals surface area (Å²) in [4.78, 5) is 23.6. The Kier molecular flexibility index (Phi) is 5.78. The molecule has 1 fully saturated rings. The van der Waals surface area contributed by atoms with E-state index >= 15 is 0 Å². The molecule has 0 saturated carbocycles. The van der Waals surface area contributed by atoms with Crippen molar-refractivity contribution in [3.63, 3.8) is 0 Å². The maximum Gasteiger partial charge on any atom is 0.220 e. The van der Waals surface area contributed by atoms with Crippen LogP contribution in [0, 0.1) is 6.92 Å². The van der Waals surface area contributed by atoms with E-state index in [2.05, 4.69) is 32.5 Å². The van der Waals surface area contributed by atoms with Crippen LogP contribution in [0.5, 0.6) is 0 Å². The molecule has 4 rings (SSSR count). The molecule has 1 aliphatic rings. The molecule has 5 nitrogen and oxygen atoms in total. The number of hydrogen-bond acceptors (Lipinski definition) is 5. The van der Waals surface area contributed by atoms with E-state index in [4.69, 9.17) is 11.6 Å². The summed E-state index contributed by atoms with van der Waals surface area (Å²) in [5.74, 6) is 1.13. The molecule has 7 heteroatoms. The number of carbonyl (C=O) groups excluding carboxylic acids is 1. The number of carbonyl (C=O) groups is 1. The van der Waals surface area contributed by atoms with E-state index < -0.39 is 0 Å². The first-order chi connectivity index (χ1) is 13.6. The summed E-state index contributed by atoms with van der Waals surface area (Å²) in [6.07, 6.45) is 4.71. The van der Waals surface area contributed by atoms with E-state index in [0.29, 0.717) is 17.9 Å². The van der Waals surface area contributed by atoms with Crippen molar-refractivity contribution < 1.29 is 4.79 Å². The smallest absolute Gasteiger partial charge is 0.220 e. The maximum absolute atomic E-state index is 12.3. The number of rotatable bonds is 5. The van der Waals surface area contributed by atoms with E-state index in [1.165, 1.54) is 5.56 Å². The van der Waals surface area contributed by atoms with E-state index in [1.807, 2.05) is 24.3 Å². The minimum Gasteiger partial charge on any atom is -0.355 e. The topological polar surface area (TPSA) is 58.1 Å². The Labute approximate surface area is 173 Å². The highest BCUT2D eigenvalue weighted by atomic mass is 35.5. The predicted octanol–water partition coefficient (Wildman–Crippen LogP) is 4.37. The predicted molar refractivity (Wildman–Crippen MR) is 115 cm³/mol. The van der Waals surface area contributed by atoms with E-state index in [0.717, 1.165) is 47.5 Å². The molecular formula is C21H23ClN4OS. The number of aryl methyl sites for hydroxylation is 2. The van der Waals surface area contributed by atoms with Gasteiger partial charge in [-0.3, -0.25) is 4.79 Å². The monoisotopic (exact) mass is 414 g/mol. The van der Waals surface area contributed by atoms with Gasteiger partial charge in [0.25, 0.3) is 0 Å². The van der Waals surface area contributed by atoms with Crippen LogP contribution >= 0.6 is 22.9 Å². The van der Waals surface area contributed by atoms with Crippen molar-refractivity contribution in [1.82, 2.24) is 15.3 Å². The van der Waals surface area contributed by atoms with Gasteiger partial charge in [-0.25, -0.2) is 9.97 Å². The molecule has 28 heavy (non-hydrogen) atoms. The van der Waals surface area contributed by atoms with Gasteiger partial charge < -0.3 is 10.2 Å². The molecule has 0 atom stereocenters. The molecule has 0 spiro atoms. The van der Waals surface area contributed by atoms with Gasteiger partial charge in [0.15, 0.2) is 0 Å². The highest BCUT2D eigenvalue weighted by Gasteiger charge is 2.23. The van der Waals surface area contributed by atoms with Gasteiger partial charge in [-0.1, -0.05) is 23.7 Å². The van der Waals surface area contributed by atoms with Crippen LogP contribution in [0.4, 0.5) is 5.82 Å². The summed E-state index contributed by atoms with van der Waals surface area (Å²) < 4.78 is 1.16. The number of piperidine rings is 1. The number of nitrogens with zero attached hydrogens (tertiary/aromatic N) is 3. The van der Waals surface area contributed by atoms with Gasteiger partial charge in [0.1, 0.15) is 12.1 Å². The first-order valence-electron chi connectivity index (χ1n) is 9.57. The Bertz CT molecular complexity index is 981. The average molecular weight is 415 g/mol. The second kappa shape index (κ2) is 8.45. The summed E-state index contributed by atoms with van der Waals surface area (Å²) in [6, 6.07) is 7.92. The summed E-state index contributed by atoms with van der Waals surface area (Å²) in [7, 11) is 0. The van der Waals surface area contributed by atoms with Crippen molar-refractivity contribution in [3.05, 3.63) is 52.1 Å². The van der Waals surface area contributed by atoms with Crippen molar-refractivity contribution in [2.75, 3.05) is 18.0 Å². The minimum absolute atomic E-state index is 0.108. The standard InChI is InChI=1S/C21H23ClN4OS/c1-14-12-28-20-19(14)23-13-24-21(20)26-9-7-17(8-10-26)25-18(27)6-5-15-3-2-4-16(22)11-15/h2-4,11-13,17H,5-10H2,1H3,(H,25,27). The number of aromatic nitrogens is 2. The van der Waals surface area contributed by atoms with Crippen LogP contribution in [0.25, 0.3) is 10.2 Å². The van der Waals surface area contributed by atoms with Crippen LogP contribution in [0.2, 0.25) is 5.02 Å². The molecule has 0 unspecified atom stereocenters. The van der Waals surface area contributed by atoms with Crippen LogP contribution in [-0.2, 0) is 11.2 Å². The lowest BCUT2D eigenvalue weighted by Crippen LogP contribution is -2.45. The molecule has 0 bridgehead atoms. The highest BCUT2D eigenvalue weighted by molar-refractivity contribution is 7.18. The molecule has 1 amide bonds. The fourth-order valence-corrected chi connectivity index (χ4v) is 4.90. The quantitative estimate of drug-likeness (QED) is 0.673. The number of hydrogen-bond donors (Lipinski definition) is 1. The lowest BCUT2D eigenvalue weighted by atomic mass is 10.0. The van der Waals surface area contributed by atoms with Gasteiger partial charge >= 0.3 is 0 Å². The SMILES string of the molecule is Cc1csc2c(N3CCC(NC(=O)CCc4cccc(Cl)c4)CC3)ncnc12. The van der Waals surface area contributed by atoms with Gasteiger partial charge in [0.05, 0.1) is 10.2 Å². The van der Waals surface area contributed by atoms with Gasteiger partial charge in [0.2, 0.25) is 5.91 Å². The van der Waals surface area contributed by atoms with Gasteiger partial charge in [-0.2, -0.15) is 0 Å². The summed E-state index contributed by atoms with van der Waals surface area (Å²) >= 11 is 7.71. The van der Waals surface area contributed by atoms with Crippen molar-refractivity contribution in [3.8, 4) is 0 Å². The third kappa shape index (κ3) is 4.28. The second-order valence-corrected chi connectivity index (χ2v) is 8.57. The summed E-state index contributed by atoms with van der Waals surface area (Å²) in [5.41, 5.74) is 3.34. The highest BCUT2D eigenvalue weighted by Crippen LogP contribution is 2.32. The molecule has 1 aromatic carbocycles.